The first kappa shape index (κ1) is 13.4. The van der Waals surface area contributed by atoms with Gasteiger partial charge in [0.25, 0.3) is 5.91 Å². The highest BCUT2D eigenvalue weighted by Gasteiger charge is 2.10. The summed E-state index contributed by atoms with van der Waals surface area (Å²) in [5.41, 5.74) is 6.57. The third-order valence-electron chi connectivity index (χ3n) is 2.36. The third kappa shape index (κ3) is 3.04. The Morgan fingerprint density at radius 3 is 2.83 bits per heavy atom. The van der Waals surface area contributed by atoms with Crippen molar-refractivity contribution in [2.75, 3.05) is 5.73 Å². The standard InChI is InChI=1S/C12H10BrClN2OS/c13-9-3-4-18-11(9)6-16-12(17)8-2-1-7(14)5-10(8)15/h1-5H,6,15H2,(H,16,17). The number of rotatable bonds is 3. The molecule has 2 rings (SSSR count). The molecule has 0 saturated heterocycles. The summed E-state index contributed by atoms with van der Waals surface area (Å²) < 4.78 is 0.997. The van der Waals surface area contributed by atoms with Crippen molar-refractivity contribution in [1.82, 2.24) is 5.32 Å². The monoisotopic (exact) mass is 344 g/mol. The Kier molecular flexibility index (Phi) is 4.27. The number of anilines is 1. The molecule has 0 fully saturated rings. The van der Waals surface area contributed by atoms with E-state index < -0.39 is 0 Å². The first-order valence-electron chi connectivity index (χ1n) is 5.13. The highest BCUT2D eigenvalue weighted by Crippen LogP contribution is 2.23. The normalized spacial score (nSPS) is 10.3. The van der Waals surface area contributed by atoms with E-state index in [9.17, 15) is 4.79 Å². The minimum Gasteiger partial charge on any atom is -0.398 e. The van der Waals surface area contributed by atoms with Crippen LogP contribution in [0.5, 0.6) is 0 Å². The van der Waals surface area contributed by atoms with E-state index in [0.717, 1.165) is 9.35 Å². The predicted molar refractivity (Wildman–Crippen MR) is 79.1 cm³/mol. The van der Waals surface area contributed by atoms with E-state index in [2.05, 4.69) is 21.2 Å². The molecule has 0 bridgehead atoms. The van der Waals surface area contributed by atoms with E-state index in [1.54, 1.807) is 29.5 Å². The van der Waals surface area contributed by atoms with Gasteiger partial charge in [-0.25, -0.2) is 0 Å². The Hall–Kier alpha value is -1.04. The van der Waals surface area contributed by atoms with E-state index in [-0.39, 0.29) is 5.91 Å². The minimum absolute atomic E-state index is 0.204. The van der Waals surface area contributed by atoms with E-state index in [1.807, 2.05) is 11.4 Å². The second-order valence-corrected chi connectivity index (χ2v) is 5.90. The van der Waals surface area contributed by atoms with Crippen molar-refractivity contribution in [2.45, 2.75) is 6.54 Å². The lowest BCUT2D eigenvalue weighted by Gasteiger charge is -2.07. The molecule has 0 unspecified atom stereocenters. The topological polar surface area (TPSA) is 55.1 Å². The number of benzene rings is 1. The zero-order chi connectivity index (χ0) is 13.1. The Labute approximate surface area is 122 Å². The van der Waals surface area contributed by atoms with Crippen molar-refractivity contribution < 1.29 is 4.79 Å². The Bertz CT molecular complexity index is 585. The summed E-state index contributed by atoms with van der Waals surface area (Å²) in [6, 6.07) is 6.78. The van der Waals surface area contributed by atoms with Crippen LogP contribution in [0, 0.1) is 0 Å². The summed E-state index contributed by atoms with van der Waals surface area (Å²) in [4.78, 5) is 13.0. The van der Waals surface area contributed by atoms with Crippen LogP contribution in [-0.4, -0.2) is 5.91 Å². The molecule has 18 heavy (non-hydrogen) atoms. The van der Waals surface area contributed by atoms with Crippen LogP contribution in [-0.2, 0) is 6.54 Å². The average molecular weight is 346 g/mol. The van der Waals surface area contributed by atoms with Crippen molar-refractivity contribution in [3.05, 3.63) is 49.6 Å². The molecular weight excluding hydrogens is 336 g/mol. The maximum Gasteiger partial charge on any atom is 0.253 e. The van der Waals surface area contributed by atoms with Crippen LogP contribution in [0.4, 0.5) is 5.69 Å². The number of carbonyl (C=O) groups excluding carboxylic acids is 1. The smallest absolute Gasteiger partial charge is 0.253 e. The lowest BCUT2D eigenvalue weighted by molar-refractivity contribution is 0.0952. The number of hydrogen-bond donors (Lipinski definition) is 2. The maximum atomic E-state index is 11.9. The number of nitrogens with one attached hydrogen (secondary N) is 1. The molecule has 1 aromatic carbocycles. The number of thiophene rings is 1. The van der Waals surface area contributed by atoms with Gasteiger partial charge in [-0.3, -0.25) is 4.79 Å². The molecule has 6 heteroatoms. The van der Waals surface area contributed by atoms with Crippen LogP contribution in [0.3, 0.4) is 0 Å². The van der Waals surface area contributed by atoms with Crippen LogP contribution in [0.2, 0.25) is 5.02 Å². The first-order chi connectivity index (χ1) is 8.58. The molecule has 0 aliphatic heterocycles. The van der Waals surface area contributed by atoms with Crippen molar-refractivity contribution in [3.8, 4) is 0 Å². The Balaban J connectivity index is 2.06. The quantitative estimate of drug-likeness (QED) is 0.834. The van der Waals surface area contributed by atoms with E-state index >= 15 is 0 Å². The highest BCUT2D eigenvalue weighted by atomic mass is 79.9. The molecule has 0 radical (unpaired) electrons. The van der Waals surface area contributed by atoms with Gasteiger partial charge in [0.15, 0.2) is 0 Å². The van der Waals surface area contributed by atoms with Gasteiger partial charge in [-0.05, 0) is 45.6 Å². The van der Waals surface area contributed by atoms with Crippen LogP contribution >= 0.6 is 38.9 Å². The zero-order valence-electron chi connectivity index (χ0n) is 9.24. The van der Waals surface area contributed by atoms with Gasteiger partial charge in [0.2, 0.25) is 0 Å². The van der Waals surface area contributed by atoms with Crippen LogP contribution in [0.1, 0.15) is 15.2 Å². The lowest BCUT2D eigenvalue weighted by Crippen LogP contribution is -2.23. The summed E-state index contributed by atoms with van der Waals surface area (Å²) in [5, 5.41) is 5.30. The van der Waals surface area contributed by atoms with Gasteiger partial charge in [-0.1, -0.05) is 11.6 Å². The van der Waals surface area contributed by atoms with Crippen molar-refractivity contribution in [1.29, 1.82) is 0 Å². The maximum absolute atomic E-state index is 11.9. The number of carbonyl (C=O) groups is 1. The number of nitrogens with two attached hydrogens (primary N) is 1. The van der Waals surface area contributed by atoms with Gasteiger partial charge in [0.1, 0.15) is 0 Å². The molecule has 1 amide bonds. The third-order valence-corrected chi connectivity index (χ3v) is 4.52. The van der Waals surface area contributed by atoms with Gasteiger partial charge >= 0.3 is 0 Å². The summed E-state index contributed by atoms with van der Waals surface area (Å²) in [6.07, 6.45) is 0. The Morgan fingerprint density at radius 2 is 2.22 bits per heavy atom. The van der Waals surface area contributed by atoms with Crippen molar-refractivity contribution >= 4 is 50.5 Å². The molecule has 3 nitrogen and oxygen atoms in total. The molecule has 0 atom stereocenters. The summed E-state index contributed by atoms with van der Waals surface area (Å²) in [5.74, 6) is -0.204. The fraction of sp³-hybridized carbons (Fsp3) is 0.0833. The van der Waals surface area contributed by atoms with Crippen molar-refractivity contribution in [3.63, 3.8) is 0 Å². The molecule has 0 aliphatic carbocycles. The van der Waals surface area contributed by atoms with Crippen LogP contribution < -0.4 is 11.1 Å². The van der Waals surface area contributed by atoms with Gasteiger partial charge in [-0.2, -0.15) is 0 Å². The summed E-state index contributed by atoms with van der Waals surface area (Å²) in [6.45, 7) is 0.471. The van der Waals surface area contributed by atoms with E-state index in [4.69, 9.17) is 17.3 Å². The van der Waals surface area contributed by atoms with Crippen LogP contribution in [0.25, 0.3) is 0 Å². The second-order valence-electron chi connectivity index (χ2n) is 3.61. The molecular formula is C12H10BrClN2OS. The molecule has 1 aromatic heterocycles. The van der Waals surface area contributed by atoms with Gasteiger partial charge in [-0.15, -0.1) is 11.3 Å². The average Bonchev–Trinajstić information content (AvgIpc) is 2.72. The number of hydrogen-bond acceptors (Lipinski definition) is 3. The van der Waals surface area contributed by atoms with Gasteiger partial charge in [0.05, 0.1) is 12.1 Å². The molecule has 2 aromatic rings. The zero-order valence-corrected chi connectivity index (χ0v) is 12.4. The molecule has 0 saturated carbocycles. The van der Waals surface area contributed by atoms with Gasteiger partial charge in [0, 0.05) is 20.1 Å². The number of halogens is 2. The first-order valence-corrected chi connectivity index (χ1v) is 7.18. The highest BCUT2D eigenvalue weighted by molar-refractivity contribution is 9.10. The predicted octanol–water partition coefficient (Wildman–Crippen LogP) is 3.68. The Morgan fingerprint density at radius 1 is 1.44 bits per heavy atom. The van der Waals surface area contributed by atoms with Gasteiger partial charge < -0.3 is 11.1 Å². The molecule has 1 heterocycles. The number of amides is 1. The van der Waals surface area contributed by atoms with E-state index in [0.29, 0.717) is 22.8 Å². The molecule has 0 spiro atoms. The van der Waals surface area contributed by atoms with E-state index in [1.165, 1.54) is 0 Å². The van der Waals surface area contributed by atoms with Crippen LogP contribution in [0.15, 0.2) is 34.1 Å². The van der Waals surface area contributed by atoms with Crippen molar-refractivity contribution in [2.24, 2.45) is 0 Å². The largest absolute Gasteiger partial charge is 0.398 e. The number of nitrogen functional groups attached to an aromatic ring is 1. The fourth-order valence-corrected chi connectivity index (χ4v) is 3.06. The molecule has 94 valence electrons. The molecule has 0 aliphatic rings. The molecule has 3 N–H and O–H groups in total. The summed E-state index contributed by atoms with van der Waals surface area (Å²) in [7, 11) is 0. The second kappa shape index (κ2) is 5.73. The summed E-state index contributed by atoms with van der Waals surface area (Å²) >= 11 is 10.8. The minimum atomic E-state index is -0.204. The lowest BCUT2D eigenvalue weighted by atomic mass is 10.1. The fourth-order valence-electron chi connectivity index (χ4n) is 1.45. The SMILES string of the molecule is Nc1cc(Cl)ccc1C(=O)NCc1sccc1Br.